The number of amides is 1. The molecule has 0 aliphatic carbocycles. The van der Waals surface area contributed by atoms with Gasteiger partial charge in [0.25, 0.3) is 5.91 Å². The van der Waals surface area contributed by atoms with E-state index in [0.29, 0.717) is 15.8 Å². The van der Waals surface area contributed by atoms with Gasteiger partial charge in [-0.2, -0.15) is 0 Å². The Bertz CT molecular complexity index is 610. The van der Waals surface area contributed by atoms with Crippen LogP contribution in [0.25, 0.3) is 0 Å². The van der Waals surface area contributed by atoms with Crippen LogP contribution in [0, 0.1) is 0 Å². The zero-order valence-corrected chi connectivity index (χ0v) is 13.7. The first kappa shape index (κ1) is 15.8. The summed E-state index contributed by atoms with van der Waals surface area (Å²) in [4.78, 5) is 17.3. The summed E-state index contributed by atoms with van der Waals surface area (Å²) in [7, 11) is 0. The molecule has 1 N–H and O–H groups in total. The molecule has 2 aromatic heterocycles. The van der Waals surface area contributed by atoms with E-state index in [4.69, 9.17) is 16.3 Å². The summed E-state index contributed by atoms with van der Waals surface area (Å²) in [6.07, 6.45) is 1.57. The van der Waals surface area contributed by atoms with Crippen molar-refractivity contribution in [3.8, 4) is 5.88 Å². The number of hydrogen-bond donors (Lipinski definition) is 1. The van der Waals surface area contributed by atoms with Gasteiger partial charge in [-0.25, -0.2) is 4.98 Å². The number of halogens is 1. The molecule has 0 radical (unpaired) electrons. The molecule has 0 saturated carbocycles. The van der Waals surface area contributed by atoms with Crippen molar-refractivity contribution in [3.63, 3.8) is 0 Å². The molecule has 0 aliphatic heterocycles. The highest BCUT2D eigenvalue weighted by molar-refractivity contribution is 7.16. The van der Waals surface area contributed by atoms with Crippen LogP contribution in [0.4, 0.5) is 0 Å². The minimum Gasteiger partial charge on any atom is -0.475 e. The number of hydrogen-bond acceptors (Lipinski definition) is 4. The Morgan fingerprint density at radius 1 is 1.29 bits per heavy atom. The highest BCUT2D eigenvalue weighted by Crippen LogP contribution is 2.26. The summed E-state index contributed by atoms with van der Waals surface area (Å²) in [5.41, 5.74) is 0.501. The average Bonchev–Trinajstić information content (AvgIpc) is 2.85. The lowest BCUT2D eigenvalue weighted by molar-refractivity contribution is 0.0940. The van der Waals surface area contributed by atoms with Crippen LogP contribution in [0.15, 0.2) is 30.5 Å². The zero-order chi connectivity index (χ0) is 15.4. The van der Waals surface area contributed by atoms with Gasteiger partial charge < -0.3 is 10.1 Å². The maximum atomic E-state index is 12.1. The lowest BCUT2D eigenvalue weighted by Crippen LogP contribution is -2.26. The molecule has 1 amide bonds. The molecule has 0 fully saturated rings. The van der Waals surface area contributed by atoms with E-state index in [2.05, 4.69) is 10.3 Å². The standard InChI is InChI=1S/C15H17ClN2O2S/c1-9(2)20-14-7-4-11(8-17-14)15(19)18-10(3)12-5-6-13(16)21-12/h4-10H,1-3H3,(H,18,19)/t10-/m0/s1. The van der Waals surface area contributed by atoms with Gasteiger partial charge in [0.05, 0.1) is 22.0 Å². The third-order valence-electron chi connectivity index (χ3n) is 2.72. The highest BCUT2D eigenvalue weighted by atomic mass is 35.5. The fourth-order valence-corrected chi connectivity index (χ4v) is 2.80. The van der Waals surface area contributed by atoms with Gasteiger partial charge in [-0.3, -0.25) is 4.79 Å². The molecule has 0 aromatic carbocycles. The van der Waals surface area contributed by atoms with Gasteiger partial charge >= 0.3 is 0 Å². The van der Waals surface area contributed by atoms with Gasteiger partial charge in [0.2, 0.25) is 5.88 Å². The summed E-state index contributed by atoms with van der Waals surface area (Å²) in [6, 6.07) is 7.04. The quantitative estimate of drug-likeness (QED) is 0.901. The Morgan fingerprint density at radius 3 is 2.57 bits per heavy atom. The number of nitrogens with zero attached hydrogens (tertiary/aromatic N) is 1. The normalized spacial score (nSPS) is 12.2. The number of pyridine rings is 1. The van der Waals surface area contributed by atoms with E-state index in [9.17, 15) is 4.79 Å². The minimum atomic E-state index is -0.171. The molecular weight excluding hydrogens is 308 g/mol. The first-order chi connectivity index (χ1) is 9.95. The number of carbonyl (C=O) groups excluding carboxylic acids is 1. The topological polar surface area (TPSA) is 51.2 Å². The minimum absolute atomic E-state index is 0.0563. The number of thiophene rings is 1. The molecule has 2 heterocycles. The van der Waals surface area contributed by atoms with Crippen molar-refractivity contribution < 1.29 is 9.53 Å². The largest absolute Gasteiger partial charge is 0.475 e. The molecule has 4 nitrogen and oxygen atoms in total. The molecule has 6 heteroatoms. The van der Waals surface area contributed by atoms with E-state index >= 15 is 0 Å². The van der Waals surface area contributed by atoms with Gasteiger partial charge in [0.15, 0.2) is 0 Å². The molecule has 112 valence electrons. The van der Waals surface area contributed by atoms with Crippen molar-refractivity contribution in [1.82, 2.24) is 10.3 Å². The molecule has 0 unspecified atom stereocenters. The maximum absolute atomic E-state index is 12.1. The second-order valence-corrected chi connectivity index (χ2v) is 6.64. The van der Waals surface area contributed by atoms with Gasteiger partial charge in [0.1, 0.15) is 0 Å². The summed E-state index contributed by atoms with van der Waals surface area (Å²) < 4.78 is 6.16. The maximum Gasteiger partial charge on any atom is 0.253 e. The van der Waals surface area contributed by atoms with Gasteiger partial charge in [-0.1, -0.05) is 11.6 Å². The number of ether oxygens (including phenoxy) is 1. The Balaban J connectivity index is 1.99. The van der Waals surface area contributed by atoms with Crippen molar-refractivity contribution in [2.75, 3.05) is 0 Å². The summed E-state index contributed by atoms with van der Waals surface area (Å²) in [6.45, 7) is 5.77. The molecule has 1 atom stereocenters. The highest BCUT2D eigenvalue weighted by Gasteiger charge is 2.13. The Labute approximate surface area is 133 Å². The summed E-state index contributed by atoms with van der Waals surface area (Å²) in [5, 5.41) is 2.92. The van der Waals surface area contributed by atoms with Crippen LogP contribution in [-0.4, -0.2) is 17.0 Å². The third-order valence-corrected chi connectivity index (χ3v) is 4.14. The molecule has 2 aromatic rings. The van der Waals surface area contributed by atoms with Crippen LogP contribution in [0.1, 0.15) is 42.0 Å². The second-order valence-electron chi connectivity index (χ2n) is 4.89. The van der Waals surface area contributed by atoms with E-state index in [-0.39, 0.29) is 18.1 Å². The van der Waals surface area contributed by atoms with Gasteiger partial charge in [-0.05, 0) is 39.0 Å². The monoisotopic (exact) mass is 324 g/mol. The number of carbonyl (C=O) groups is 1. The van der Waals surface area contributed by atoms with Gasteiger partial charge in [-0.15, -0.1) is 11.3 Å². The Kier molecular flexibility index (Phi) is 5.20. The smallest absolute Gasteiger partial charge is 0.253 e. The molecular formula is C15H17ClN2O2S. The van der Waals surface area contributed by atoms with E-state index in [0.717, 1.165) is 4.88 Å². The Hall–Kier alpha value is -1.59. The first-order valence-electron chi connectivity index (χ1n) is 6.64. The zero-order valence-electron chi connectivity index (χ0n) is 12.1. The molecule has 21 heavy (non-hydrogen) atoms. The predicted octanol–water partition coefficient (Wildman–Crippen LogP) is 4.07. The molecule has 0 saturated heterocycles. The van der Waals surface area contributed by atoms with E-state index in [1.54, 1.807) is 12.1 Å². The van der Waals surface area contributed by atoms with Crippen molar-refractivity contribution in [1.29, 1.82) is 0 Å². The molecule has 2 rings (SSSR count). The van der Waals surface area contributed by atoms with Crippen LogP contribution in [0.3, 0.4) is 0 Å². The lowest BCUT2D eigenvalue weighted by atomic mass is 10.2. The number of aromatic nitrogens is 1. The Morgan fingerprint density at radius 2 is 2.05 bits per heavy atom. The van der Waals surface area contributed by atoms with Crippen LogP contribution in [-0.2, 0) is 0 Å². The van der Waals surface area contributed by atoms with E-state index in [1.165, 1.54) is 17.5 Å². The molecule has 0 bridgehead atoms. The fraction of sp³-hybridized carbons (Fsp3) is 0.333. The van der Waals surface area contributed by atoms with Crippen LogP contribution < -0.4 is 10.1 Å². The second kappa shape index (κ2) is 6.91. The summed E-state index contributed by atoms with van der Waals surface area (Å²) in [5.74, 6) is 0.343. The van der Waals surface area contributed by atoms with E-state index < -0.39 is 0 Å². The van der Waals surface area contributed by atoms with Crippen LogP contribution in [0.2, 0.25) is 4.34 Å². The fourth-order valence-electron chi connectivity index (χ4n) is 1.74. The molecule has 0 spiro atoms. The van der Waals surface area contributed by atoms with Gasteiger partial charge in [0, 0.05) is 17.1 Å². The van der Waals surface area contributed by atoms with Crippen molar-refractivity contribution in [3.05, 3.63) is 45.2 Å². The molecule has 0 aliphatic rings. The first-order valence-corrected chi connectivity index (χ1v) is 7.84. The summed E-state index contributed by atoms with van der Waals surface area (Å²) >= 11 is 7.36. The number of rotatable bonds is 5. The van der Waals surface area contributed by atoms with Crippen molar-refractivity contribution in [2.45, 2.75) is 32.9 Å². The van der Waals surface area contributed by atoms with Crippen LogP contribution >= 0.6 is 22.9 Å². The van der Waals surface area contributed by atoms with E-state index in [1.807, 2.05) is 32.9 Å². The number of nitrogens with one attached hydrogen (secondary N) is 1. The van der Waals surface area contributed by atoms with Crippen molar-refractivity contribution in [2.24, 2.45) is 0 Å². The van der Waals surface area contributed by atoms with Crippen molar-refractivity contribution >= 4 is 28.8 Å². The lowest BCUT2D eigenvalue weighted by Gasteiger charge is -2.12. The van der Waals surface area contributed by atoms with Crippen LogP contribution in [0.5, 0.6) is 5.88 Å². The SMILES string of the molecule is CC(C)Oc1ccc(C(=O)N[C@@H](C)c2ccc(Cl)s2)cn1. The third kappa shape index (κ3) is 4.44. The predicted molar refractivity (Wildman–Crippen MR) is 85.2 cm³/mol. The average molecular weight is 325 g/mol.